The number of aromatic nitrogens is 1. The first-order valence-corrected chi connectivity index (χ1v) is 5.19. The maximum Gasteiger partial charge on any atom is 0.184 e. The van der Waals surface area contributed by atoms with Crippen molar-refractivity contribution in [2.24, 2.45) is 0 Å². The van der Waals surface area contributed by atoms with E-state index in [0.717, 1.165) is 10.6 Å². The second-order valence-corrected chi connectivity index (χ2v) is 4.05. The Morgan fingerprint density at radius 1 is 1.50 bits per heavy atom. The third-order valence-electron chi connectivity index (χ3n) is 1.88. The zero-order chi connectivity index (χ0) is 9.97. The average molecular weight is 202 g/mol. The van der Waals surface area contributed by atoms with E-state index in [2.05, 4.69) is 22.3 Å². The number of hydrogen-bond acceptors (Lipinski definition) is 3. The quantitative estimate of drug-likeness (QED) is 0.757. The fourth-order valence-electron chi connectivity index (χ4n) is 1.16. The summed E-state index contributed by atoms with van der Waals surface area (Å²) >= 11 is 1.62. The van der Waals surface area contributed by atoms with E-state index in [1.807, 2.05) is 25.1 Å². The molecule has 0 spiro atoms. The predicted octanol–water partition coefficient (Wildman–Crippen LogP) is 2.73. The third-order valence-corrected chi connectivity index (χ3v) is 2.85. The number of fused-ring (bicyclic) bond motifs is 1. The molecule has 70 valence electrons. The van der Waals surface area contributed by atoms with Gasteiger partial charge in [0.05, 0.1) is 16.3 Å². The molecule has 2 rings (SSSR count). The van der Waals surface area contributed by atoms with Crippen molar-refractivity contribution in [1.29, 1.82) is 0 Å². The topological polar surface area (TPSA) is 24.9 Å². The van der Waals surface area contributed by atoms with Gasteiger partial charge >= 0.3 is 0 Å². The van der Waals surface area contributed by atoms with Crippen LogP contribution in [0.5, 0.6) is 0 Å². The van der Waals surface area contributed by atoms with Crippen LogP contribution in [-0.4, -0.2) is 11.0 Å². The Bertz CT molecular complexity index is 448. The smallest absolute Gasteiger partial charge is 0.184 e. The first-order valence-electron chi connectivity index (χ1n) is 4.38. The minimum atomic E-state index is 0.0237. The molecular formula is C11H10N2S. The lowest BCUT2D eigenvalue weighted by Gasteiger charge is -2.03. The van der Waals surface area contributed by atoms with Crippen molar-refractivity contribution in [2.45, 2.75) is 13.0 Å². The average Bonchev–Trinajstić information content (AvgIpc) is 2.59. The Morgan fingerprint density at radius 3 is 3.00 bits per heavy atom. The van der Waals surface area contributed by atoms with Crippen molar-refractivity contribution in [3.8, 4) is 12.3 Å². The van der Waals surface area contributed by atoms with Crippen LogP contribution in [0.25, 0.3) is 10.2 Å². The first kappa shape index (κ1) is 9.04. The summed E-state index contributed by atoms with van der Waals surface area (Å²) in [6.07, 6.45) is 5.28. The summed E-state index contributed by atoms with van der Waals surface area (Å²) in [5.41, 5.74) is 1.02. The Balaban J connectivity index is 2.32. The van der Waals surface area contributed by atoms with Crippen LogP contribution in [0.2, 0.25) is 0 Å². The maximum absolute atomic E-state index is 5.28. The minimum Gasteiger partial charge on any atom is -0.348 e. The molecule has 0 amide bonds. The Hall–Kier alpha value is -1.53. The van der Waals surface area contributed by atoms with Crippen LogP contribution in [0.15, 0.2) is 24.3 Å². The maximum atomic E-state index is 5.28. The van der Waals surface area contributed by atoms with Gasteiger partial charge in [0, 0.05) is 0 Å². The summed E-state index contributed by atoms with van der Waals surface area (Å²) in [5, 5.41) is 4.04. The predicted molar refractivity (Wildman–Crippen MR) is 61.5 cm³/mol. The van der Waals surface area contributed by atoms with Gasteiger partial charge < -0.3 is 5.32 Å². The molecule has 2 aromatic rings. The fourth-order valence-corrected chi connectivity index (χ4v) is 2.11. The summed E-state index contributed by atoms with van der Waals surface area (Å²) in [6, 6.07) is 8.07. The lowest BCUT2D eigenvalue weighted by molar-refractivity contribution is 1.03. The number of benzene rings is 1. The highest BCUT2D eigenvalue weighted by atomic mass is 32.1. The number of para-hydroxylation sites is 1. The summed E-state index contributed by atoms with van der Waals surface area (Å²) in [5.74, 6) is 2.61. The van der Waals surface area contributed by atoms with E-state index in [9.17, 15) is 0 Å². The minimum absolute atomic E-state index is 0.0237. The van der Waals surface area contributed by atoms with E-state index in [1.165, 1.54) is 4.70 Å². The van der Waals surface area contributed by atoms with Gasteiger partial charge in [-0.3, -0.25) is 0 Å². The first-order chi connectivity index (χ1) is 6.79. The molecule has 2 nitrogen and oxygen atoms in total. The van der Waals surface area contributed by atoms with Crippen LogP contribution in [0.4, 0.5) is 5.13 Å². The summed E-state index contributed by atoms with van der Waals surface area (Å²) in [4.78, 5) is 4.41. The molecule has 3 heteroatoms. The zero-order valence-electron chi connectivity index (χ0n) is 7.82. The van der Waals surface area contributed by atoms with Crippen LogP contribution >= 0.6 is 11.3 Å². The number of rotatable bonds is 2. The van der Waals surface area contributed by atoms with Crippen molar-refractivity contribution >= 4 is 26.7 Å². The van der Waals surface area contributed by atoms with Crippen LogP contribution in [0, 0.1) is 12.3 Å². The fraction of sp³-hybridized carbons (Fsp3) is 0.182. The summed E-state index contributed by atoms with van der Waals surface area (Å²) in [6.45, 7) is 1.94. The van der Waals surface area contributed by atoms with Crippen molar-refractivity contribution < 1.29 is 0 Å². The zero-order valence-corrected chi connectivity index (χ0v) is 8.64. The highest BCUT2D eigenvalue weighted by molar-refractivity contribution is 7.22. The molecule has 0 aliphatic heterocycles. The van der Waals surface area contributed by atoms with Gasteiger partial charge in [-0.1, -0.05) is 29.4 Å². The second-order valence-electron chi connectivity index (χ2n) is 3.02. The normalized spacial score (nSPS) is 12.3. The molecule has 1 aromatic carbocycles. The SMILES string of the molecule is C#CC(C)Nc1nc2ccccc2s1. The highest BCUT2D eigenvalue weighted by Gasteiger charge is 2.03. The van der Waals surface area contributed by atoms with Crippen molar-refractivity contribution in [2.75, 3.05) is 5.32 Å². The Kier molecular flexibility index (Phi) is 2.38. The van der Waals surface area contributed by atoms with Gasteiger partial charge in [0.25, 0.3) is 0 Å². The lowest BCUT2D eigenvalue weighted by atomic mass is 10.3. The van der Waals surface area contributed by atoms with Gasteiger partial charge in [-0.2, -0.15) is 0 Å². The van der Waals surface area contributed by atoms with E-state index >= 15 is 0 Å². The van der Waals surface area contributed by atoms with Gasteiger partial charge in [0.15, 0.2) is 5.13 Å². The Labute approximate surface area is 87.0 Å². The molecule has 1 heterocycles. The van der Waals surface area contributed by atoms with E-state index in [4.69, 9.17) is 6.42 Å². The van der Waals surface area contributed by atoms with Crippen LogP contribution in [0.3, 0.4) is 0 Å². The standard InChI is InChI=1S/C11H10N2S/c1-3-8(2)12-11-13-9-6-4-5-7-10(9)14-11/h1,4-8H,2H3,(H,12,13). The molecule has 1 unspecified atom stereocenters. The molecule has 0 saturated heterocycles. The molecule has 0 bridgehead atoms. The largest absolute Gasteiger partial charge is 0.348 e. The molecule has 0 radical (unpaired) electrons. The van der Waals surface area contributed by atoms with Crippen LogP contribution < -0.4 is 5.32 Å². The number of nitrogens with one attached hydrogen (secondary N) is 1. The lowest BCUT2D eigenvalue weighted by Crippen LogP contribution is -2.11. The summed E-state index contributed by atoms with van der Waals surface area (Å²) < 4.78 is 1.18. The number of anilines is 1. The molecule has 14 heavy (non-hydrogen) atoms. The van der Waals surface area contributed by atoms with E-state index in [0.29, 0.717) is 0 Å². The van der Waals surface area contributed by atoms with Crippen LogP contribution in [0.1, 0.15) is 6.92 Å². The van der Waals surface area contributed by atoms with Gasteiger partial charge in [-0.05, 0) is 19.1 Å². The van der Waals surface area contributed by atoms with Crippen molar-refractivity contribution in [3.05, 3.63) is 24.3 Å². The van der Waals surface area contributed by atoms with Crippen LogP contribution in [-0.2, 0) is 0 Å². The number of terminal acetylenes is 1. The third kappa shape index (κ3) is 1.70. The summed E-state index contributed by atoms with van der Waals surface area (Å²) in [7, 11) is 0. The number of nitrogens with zero attached hydrogens (tertiary/aromatic N) is 1. The van der Waals surface area contributed by atoms with Crippen molar-refractivity contribution in [3.63, 3.8) is 0 Å². The molecule has 1 N–H and O–H groups in total. The van der Waals surface area contributed by atoms with E-state index in [-0.39, 0.29) is 6.04 Å². The highest BCUT2D eigenvalue weighted by Crippen LogP contribution is 2.25. The molecule has 1 aromatic heterocycles. The number of hydrogen-bond donors (Lipinski definition) is 1. The monoisotopic (exact) mass is 202 g/mol. The molecule has 0 aliphatic rings. The van der Waals surface area contributed by atoms with Gasteiger partial charge in [0.2, 0.25) is 0 Å². The van der Waals surface area contributed by atoms with Gasteiger partial charge in [-0.15, -0.1) is 6.42 Å². The molecular weight excluding hydrogens is 192 g/mol. The molecule has 1 atom stereocenters. The number of thiazole rings is 1. The molecule has 0 fully saturated rings. The van der Waals surface area contributed by atoms with Crippen molar-refractivity contribution in [1.82, 2.24) is 4.98 Å². The van der Waals surface area contributed by atoms with E-state index < -0.39 is 0 Å². The molecule has 0 aliphatic carbocycles. The Morgan fingerprint density at radius 2 is 2.29 bits per heavy atom. The van der Waals surface area contributed by atoms with E-state index in [1.54, 1.807) is 11.3 Å². The van der Waals surface area contributed by atoms with Gasteiger partial charge in [-0.25, -0.2) is 4.98 Å². The van der Waals surface area contributed by atoms with Gasteiger partial charge in [0.1, 0.15) is 0 Å². The molecule has 0 saturated carbocycles. The second kappa shape index (κ2) is 3.69.